The first kappa shape index (κ1) is 14.8. The van der Waals surface area contributed by atoms with Gasteiger partial charge >= 0.3 is 0 Å². The minimum absolute atomic E-state index is 0.183. The van der Waals surface area contributed by atoms with Crippen LogP contribution in [-0.4, -0.2) is 11.0 Å². The van der Waals surface area contributed by atoms with Crippen LogP contribution in [-0.2, 0) is 0 Å². The van der Waals surface area contributed by atoms with Gasteiger partial charge in [-0.3, -0.25) is 4.79 Å². The number of amides is 1. The molecule has 0 heterocycles. The fourth-order valence-corrected chi connectivity index (χ4v) is 2.36. The number of hydrogen-bond donors (Lipinski definition) is 2. The molecule has 1 atom stereocenters. The van der Waals surface area contributed by atoms with E-state index in [2.05, 4.69) is 21.2 Å². The van der Waals surface area contributed by atoms with Crippen LogP contribution in [0, 0.1) is 6.92 Å². The number of anilines is 1. The molecule has 2 aromatic rings. The van der Waals surface area contributed by atoms with E-state index in [0.717, 1.165) is 10.0 Å². The van der Waals surface area contributed by atoms with Crippen LogP contribution in [0.25, 0.3) is 0 Å². The molecule has 0 saturated carbocycles. The Kier molecular flexibility index (Phi) is 4.57. The quantitative estimate of drug-likeness (QED) is 0.889. The Labute approximate surface area is 126 Å². The maximum absolute atomic E-state index is 12.3. The minimum atomic E-state index is -0.630. The zero-order valence-corrected chi connectivity index (χ0v) is 12.9. The molecule has 4 heteroatoms. The topological polar surface area (TPSA) is 49.3 Å². The van der Waals surface area contributed by atoms with Gasteiger partial charge in [-0.1, -0.05) is 40.2 Å². The molecule has 2 N–H and O–H groups in total. The van der Waals surface area contributed by atoms with E-state index < -0.39 is 6.10 Å². The van der Waals surface area contributed by atoms with Gasteiger partial charge in [0, 0.05) is 21.3 Å². The van der Waals surface area contributed by atoms with Crippen molar-refractivity contribution in [2.24, 2.45) is 0 Å². The molecular formula is C16H16BrNO2. The molecule has 2 aromatic carbocycles. The van der Waals surface area contributed by atoms with Gasteiger partial charge in [-0.2, -0.15) is 0 Å². The molecule has 0 aromatic heterocycles. The molecule has 1 amide bonds. The smallest absolute Gasteiger partial charge is 0.255 e. The fourth-order valence-electron chi connectivity index (χ4n) is 2.00. The summed E-state index contributed by atoms with van der Waals surface area (Å²) >= 11 is 3.37. The van der Waals surface area contributed by atoms with Crippen molar-refractivity contribution in [2.75, 3.05) is 5.32 Å². The first-order valence-corrected chi connectivity index (χ1v) is 7.13. The van der Waals surface area contributed by atoms with E-state index in [4.69, 9.17) is 0 Å². The summed E-state index contributed by atoms with van der Waals surface area (Å²) in [7, 11) is 0. The Hall–Kier alpha value is -1.65. The van der Waals surface area contributed by atoms with Gasteiger partial charge < -0.3 is 10.4 Å². The second-order valence-corrected chi connectivity index (χ2v) is 5.59. The van der Waals surface area contributed by atoms with Crippen LogP contribution in [0.15, 0.2) is 46.9 Å². The molecule has 20 heavy (non-hydrogen) atoms. The maximum Gasteiger partial charge on any atom is 0.255 e. The number of aliphatic hydroxyl groups excluding tert-OH is 1. The number of carbonyl (C=O) groups excluding carboxylic acids is 1. The predicted octanol–water partition coefficient (Wildman–Crippen LogP) is 4.06. The number of hydrogen-bond acceptors (Lipinski definition) is 2. The summed E-state index contributed by atoms with van der Waals surface area (Å²) in [6.45, 7) is 3.57. The largest absolute Gasteiger partial charge is 0.389 e. The van der Waals surface area contributed by atoms with E-state index >= 15 is 0 Å². The van der Waals surface area contributed by atoms with E-state index in [1.165, 1.54) is 0 Å². The van der Waals surface area contributed by atoms with E-state index in [-0.39, 0.29) is 5.91 Å². The van der Waals surface area contributed by atoms with Crippen molar-refractivity contribution in [1.82, 2.24) is 0 Å². The normalized spacial score (nSPS) is 12.0. The zero-order chi connectivity index (χ0) is 14.7. The van der Waals surface area contributed by atoms with Gasteiger partial charge in [0.2, 0.25) is 0 Å². The van der Waals surface area contributed by atoms with Crippen LogP contribution in [0.1, 0.15) is 34.5 Å². The Morgan fingerprint density at radius 1 is 1.25 bits per heavy atom. The van der Waals surface area contributed by atoms with Gasteiger partial charge in [-0.25, -0.2) is 0 Å². The number of aliphatic hydroxyl groups is 1. The van der Waals surface area contributed by atoms with Gasteiger partial charge in [-0.05, 0) is 37.6 Å². The van der Waals surface area contributed by atoms with E-state index in [9.17, 15) is 9.90 Å². The summed E-state index contributed by atoms with van der Waals surface area (Å²) in [6.07, 6.45) is -0.630. The highest BCUT2D eigenvalue weighted by Gasteiger charge is 2.13. The van der Waals surface area contributed by atoms with E-state index in [0.29, 0.717) is 16.8 Å². The SMILES string of the molecule is Cc1ccc(Br)cc1C(=O)Nc1ccccc1C(C)O. The van der Waals surface area contributed by atoms with E-state index in [1.807, 2.05) is 31.2 Å². The number of aryl methyl sites for hydroxylation is 1. The second-order valence-electron chi connectivity index (χ2n) is 4.68. The molecule has 0 aliphatic heterocycles. The van der Waals surface area contributed by atoms with Crippen molar-refractivity contribution in [3.8, 4) is 0 Å². The minimum Gasteiger partial charge on any atom is -0.389 e. The van der Waals surface area contributed by atoms with Gasteiger partial charge in [0.1, 0.15) is 0 Å². The number of benzene rings is 2. The lowest BCUT2D eigenvalue weighted by atomic mass is 10.1. The van der Waals surface area contributed by atoms with Crippen molar-refractivity contribution in [3.05, 3.63) is 63.6 Å². The molecule has 0 aliphatic rings. The summed E-state index contributed by atoms with van der Waals surface area (Å²) in [6, 6.07) is 12.8. The summed E-state index contributed by atoms with van der Waals surface area (Å²) in [5, 5.41) is 12.6. The van der Waals surface area contributed by atoms with Crippen molar-refractivity contribution < 1.29 is 9.90 Å². The first-order valence-electron chi connectivity index (χ1n) is 6.33. The molecule has 0 saturated heterocycles. The lowest BCUT2D eigenvalue weighted by Crippen LogP contribution is -2.15. The number of para-hydroxylation sites is 1. The van der Waals surface area contributed by atoms with Crippen molar-refractivity contribution in [2.45, 2.75) is 20.0 Å². The standard InChI is InChI=1S/C16H16BrNO2/c1-10-7-8-12(17)9-14(10)16(20)18-15-6-4-3-5-13(15)11(2)19/h3-9,11,19H,1-2H3,(H,18,20). The summed E-state index contributed by atoms with van der Waals surface area (Å²) in [5.74, 6) is -0.183. The summed E-state index contributed by atoms with van der Waals surface area (Å²) in [5.41, 5.74) is 2.85. The number of nitrogens with one attached hydrogen (secondary N) is 1. The molecule has 3 nitrogen and oxygen atoms in total. The van der Waals surface area contributed by atoms with Crippen LogP contribution in [0.2, 0.25) is 0 Å². The van der Waals surface area contributed by atoms with Crippen molar-refractivity contribution >= 4 is 27.5 Å². The predicted molar refractivity (Wildman–Crippen MR) is 83.9 cm³/mol. The third-order valence-electron chi connectivity index (χ3n) is 3.10. The van der Waals surface area contributed by atoms with Crippen LogP contribution in [0.4, 0.5) is 5.69 Å². The molecule has 0 radical (unpaired) electrons. The molecule has 0 bridgehead atoms. The van der Waals surface area contributed by atoms with Crippen LogP contribution in [0.3, 0.4) is 0 Å². The maximum atomic E-state index is 12.3. The Morgan fingerprint density at radius 3 is 2.65 bits per heavy atom. The number of halogens is 1. The van der Waals surface area contributed by atoms with Gasteiger partial charge in [0.05, 0.1) is 6.10 Å². The third kappa shape index (κ3) is 3.26. The summed E-state index contributed by atoms with van der Waals surface area (Å²) in [4.78, 5) is 12.3. The molecule has 0 fully saturated rings. The lowest BCUT2D eigenvalue weighted by Gasteiger charge is -2.14. The fraction of sp³-hybridized carbons (Fsp3) is 0.188. The highest BCUT2D eigenvalue weighted by molar-refractivity contribution is 9.10. The van der Waals surface area contributed by atoms with Crippen molar-refractivity contribution in [1.29, 1.82) is 0 Å². The summed E-state index contributed by atoms with van der Waals surface area (Å²) < 4.78 is 0.858. The third-order valence-corrected chi connectivity index (χ3v) is 3.60. The first-order chi connectivity index (χ1) is 9.49. The molecule has 104 valence electrons. The number of rotatable bonds is 3. The van der Waals surface area contributed by atoms with Crippen LogP contribution in [0.5, 0.6) is 0 Å². The molecule has 0 spiro atoms. The van der Waals surface area contributed by atoms with Gasteiger partial charge in [-0.15, -0.1) is 0 Å². The highest BCUT2D eigenvalue weighted by Crippen LogP contribution is 2.24. The molecule has 0 aliphatic carbocycles. The van der Waals surface area contributed by atoms with E-state index in [1.54, 1.807) is 25.1 Å². The second kappa shape index (κ2) is 6.20. The monoisotopic (exact) mass is 333 g/mol. The Morgan fingerprint density at radius 2 is 1.95 bits per heavy atom. The lowest BCUT2D eigenvalue weighted by molar-refractivity contribution is 0.102. The average Bonchev–Trinajstić information content (AvgIpc) is 2.41. The molecular weight excluding hydrogens is 318 g/mol. The van der Waals surface area contributed by atoms with Crippen LogP contribution < -0.4 is 5.32 Å². The van der Waals surface area contributed by atoms with Gasteiger partial charge in [0.15, 0.2) is 0 Å². The Bertz CT molecular complexity index is 638. The molecule has 2 rings (SSSR count). The van der Waals surface area contributed by atoms with Gasteiger partial charge in [0.25, 0.3) is 5.91 Å². The Balaban J connectivity index is 2.31. The number of carbonyl (C=O) groups is 1. The highest BCUT2D eigenvalue weighted by atomic mass is 79.9. The average molecular weight is 334 g/mol. The van der Waals surface area contributed by atoms with Crippen LogP contribution >= 0.6 is 15.9 Å². The van der Waals surface area contributed by atoms with Crippen molar-refractivity contribution in [3.63, 3.8) is 0 Å². The molecule has 1 unspecified atom stereocenters. The zero-order valence-electron chi connectivity index (χ0n) is 11.4.